The highest BCUT2D eigenvalue weighted by molar-refractivity contribution is 9.10. The number of anilines is 1. The second-order valence-corrected chi connectivity index (χ2v) is 5.68. The number of nitrogens with zero attached hydrogens (tertiary/aromatic N) is 1. The molecule has 0 fully saturated rings. The first-order chi connectivity index (χ1) is 9.47. The van der Waals surface area contributed by atoms with Gasteiger partial charge in [0.25, 0.3) is 5.69 Å². The lowest BCUT2D eigenvalue weighted by Crippen LogP contribution is -2.00. The second-order valence-electron chi connectivity index (χ2n) is 4.02. The van der Waals surface area contributed by atoms with Gasteiger partial charge in [-0.15, -0.1) is 0 Å². The number of non-ortho nitro benzene ring substituents is 1. The largest absolute Gasteiger partial charge is 0.381 e. The van der Waals surface area contributed by atoms with E-state index < -0.39 is 4.92 Å². The normalized spacial score (nSPS) is 10.3. The van der Waals surface area contributed by atoms with Crippen molar-refractivity contribution in [2.75, 3.05) is 5.32 Å². The van der Waals surface area contributed by atoms with Gasteiger partial charge in [0, 0.05) is 28.8 Å². The van der Waals surface area contributed by atoms with Gasteiger partial charge in [0.1, 0.15) is 0 Å². The van der Waals surface area contributed by atoms with Gasteiger partial charge in [-0.1, -0.05) is 39.1 Å². The smallest absolute Gasteiger partial charge is 0.270 e. The highest BCUT2D eigenvalue weighted by Crippen LogP contribution is 2.27. The highest BCUT2D eigenvalue weighted by atomic mass is 79.9. The SMILES string of the molecule is O=[N+]([O-])c1ccc(CNc2ccc(Cl)c(Cl)c2)c(Br)c1. The number of nitrogens with one attached hydrogen (secondary N) is 1. The molecule has 1 N–H and O–H groups in total. The minimum Gasteiger partial charge on any atom is -0.381 e. The molecule has 0 unspecified atom stereocenters. The molecule has 2 aromatic rings. The number of nitro groups is 1. The van der Waals surface area contributed by atoms with Crippen LogP contribution in [0.25, 0.3) is 0 Å². The Kier molecular flexibility index (Phi) is 4.86. The summed E-state index contributed by atoms with van der Waals surface area (Å²) in [6.07, 6.45) is 0. The molecule has 0 aliphatic carbocycles. The van der Waals surface area contributed by atoms with Crippen molar-refractivity contribution >= 4 is 50.5 Å². The summed E-state index contributed by atoms with van der Waals surface area (Å²) < 4.78 is 0.680. The maximum absolute atomic E-state index is 10.7. The van der Waals surface area contributed by atoms with E-state index in [0.29, 0.717) is 21.1 Å². The minimum absolute atomic E-state index is 0.0511. The van der Waals surface area contributed by atoms with E-state index in [0.717, 1.165) is 11.3 Å². The van der Waals surface area contributed by atoms with Crippen molar-refractivity contribution in [3.63, 3.8) is 0 Å². The zero-order valence-electron chi connectivity index (χ0n) is 10.1. The Balaban J connectivity index is 2.10. The Labute approximate surface area is 134 Å². The number of nitro benzene ring substituents is 1. The Morgan fingerprint density at radius 3 is 2.50 bits per heavy atom. The Morgan fingerprint density at radius 1 is 1.15 bits per heavy atom. The highest BCUT2D eigenvalue weighted by Gasteiger charge is 2.09. The Morgan fingerprint density at radius 2 is 1.90 bits per heavy atom. The number of benzene rings is 2. The summed E-state index contributed by atoms with van der Waals surface area (Å²) in [5.74, 6) is 0. The second kappa shape index (κ2) is 6.43. The van der Waals surface area contributed by atoms with Crippen LogP contribution < -0.4 is 5.32 Å². The van der Waals surface area contributed by atoms with Crippen LogP contribution >= 0.6 is 39.1 Å². The van der Waals surface area contributed by atoms with Gasteiger partial charge in [-0.3, -0.25) is 10.1 Å². The molecule has 0 heterocycles. The van der Waals surface area contributed by atoms with Crippen LogP contribution in [0.3, 0.4) is 0 Å². The van der Waals surface area contributed by atoms with Crippen molar-refractivity contribution in [1.82, 2.24) is 0 Å². The summed E-state index contributed by atoms with van der Waals surface area (Å²) in [5.41, 5.74) is 1.78. The van der Waals surface area contributed by atoms with Crippen LogP contribution in [0, 0.1) is 10.1 Å². The van der Waals surface area contributed by atoms with Gasteiger partial charge >= 0.3 is 0 Å². The summed E-state index contributed by atoms with van der Waals surface area (Å²) in [6, 6.07) is 9.89. The van der Waals surface area contributed by atoms with Crippen molar-refractivity contribution in [3.05, 3.63) is 66.6 Å². The van der Waals surface area contributed by atoms with Gasteiger partial charge in [-0.2, -0.15) is 0 Å². The van der Waals surface area contributed by atoms with E-state index in [1.54, 1.807) is 18.2 Å². The van der Waals surface area contributed by atoms with Crippen molar-refractivity contribution in [1.29, 1.82) is 0 Å². The van der Waals surface area contributed by atoms with Crippen molar-refractivity contribution in [2.24, 2.45) is 0 Å². The topological polar surface area (TPSA) is 55.2 Å². The average Bonchev–Trinajstić information content (AvgIpc) is 2.41. The molecular weight excluding hydrogens is 367 g/mol. The first-order valence-electron chi connectivity index (χ1n) is 5.59. The molecule has 0 aliphatic rings. The molecule has 0 bridgehead atoms. The minimum atomic E-state index is -0.430. The predicted octanol–water partition coefficient (Wildman–Crippen LogP) is 5.28. The monoisotopic (exact) mass is 374 g/mol. The lowest BCUT2D eigenvalue weighted by Gasteiger charge is -2.09. The van der Waals surface area contributed by atoms with E-state index in [1.165, 1.54) is 12.1 Å². The zero-order chi connectivity index (χ0) is 14.7. The fraction of sp³-hybridized carbons (Fsp3) is 0.0769. The van der Waals surface area contributed by atoms with Crippen LogP contribution in [-0.4, -0.2) is 4.92 Å². The van der Waals surface area contributed by atoms with Gasteiger partial charge in [-0.05, 0) is 29.8 Å². The van der Waals surface area contributed by atoms with Gasteiger partial charge in [0.15, 0.2) is 0 Å². The maximum atomic E-state index is 10.7. The molecule has 2 rings (SSSR count). The molecule has 0 aromatic heterocycles. The van der Waals surface area contributed by atoms with Gasteiger partial charge in [-0.25, -0.2) is 0 Å². The van der Waals surface area contributed by atoms with Crippen LogP contribution in [-0.2, 0) is 6.54 Å². The number of rotatable bonds is 4. The average molecular weight is 376 g/mol. The summed E-state index contributed by atoms with van der Waals surface area (Å²) >= 11 is 15.1. The first-order valence-corrected chi connectivity index (χ1v) is 7.14. The molecule has 20 heavy (non-hydrogen) atoms. The van der Waals surface area contributed by atoms with E-state index in [1.807, 2.05) is 6.07 Å². The van der Waals surface area contributed by atoms with Crippen LogP contribution in [0.15, 0.2) is 40.9 Å². The molecule has 4 nitrogen and oxygen atoms in total. The third-order valence-electron chi connectivity index (χ3n) is 2.65. The molecule has 104 valence electrons. The van der Waals surface area contributed by atoms with Crippen LogP contribution in [0.1, 0.15) is 5.56 Å². The molecule has 0 radical (unpaired) electrons. The number of halogens is 3. The summed E-state index contributed by atoms with van der Waals surface area (Å²) in [6.45, 7) is 0.510. The van der Waals surface area contributed by atoms with Crippen LogP contribution in [0.4, 0.5) is 11.4 Å². The fourth-order valence-corrected chi connectivity index (χ4v) is 2.40. The Bertz CT molecular complexity index is 665. The van der Waals surface area contributed by atoms with Crippen molar-refractivity contribution in [3.8, 4) is 0 Å². The molecule has 0 spiro atoms. The van der Waals surface area contributed by atoms with Crippen LogP contribution in [0.5, 0.6) is 0 Å². The third kappa shape index (κ3) is 3.62. The van der Waals surface area contributed by atoms with E-state index >= 15 is 0 Å². The molecule has 7 heteroatoms. The van der Waals surface area contributed by atoms with Gasteiger partial charge in [0.2, 0.25) is 0 Å². The lowest BCUT2D eigenvalue weighted by molar-refractivity contribution is -0.384. The van der Waals surface area contributed by atoms with Gasteiger partial charge < -0.3 is 5.32 Å². The maximum Gasteiger partial charge on any atom is 0.270 e. The van der Waals surface area contributed by atoms with Gasteiger partial charge in [0.05, 0.1) is 15.0 Å². The van der Waals surface area contributed by atoms with E-state index in [4.69, 9.17) is 23.2 Å². The standard InChI is InChI=1S/C13H9BrCl2N2O2/c14-11-6-10(18(19)20)3-1-8(11)7-17-9-2-4-12(15)13(16)5-9/h1-6,17H,7H2. The van der Waals surface area contributed by atoms with Crippen LogP contribution in [0.2, 0.25) is 10.0 Å². The molecular formula is C13H9BrCl2N2O2. The summed E-state index contributed by atoms with van der Waals surface area (Å²) in [4.78, 5) is 10.2. The first kappa shape index (κ1) is 15.1. The Hall–Kier alpha value is -1.30. The van der Waals surface area contributed by atoms with E-state index in [9.17, 15) is 10.1 Å². The summed E-state index contributed by atoms with van der Waals surface area (Å²) in [7, 11) is 0. The summed E-state index contributed by atoms with van der Waals surface area (Å²) in [5, 5.41) is 14.8. The predicted molar refractivity (Wildman–Crippen MR) is 84.6 cm³/mol. The molecule has 0 saturated carbocycles. The molecule has 0 atom stereocenters. The zero-order valence-corrected chi connectivity index (χ0v) is 13.2. The molecule has 0 aliphatic heterocycles. The van der Waals surface area contributed by atoms with E-state index in [-0.39, 0.29) is 5.69 Å². The quantitative estimate of drug-likeness (QED) is 0.584. The molecule has 0 amide bonds. The van der Waals surface area contributed by atoms with E-state index in [2.05, 4.69) is 21.2 Å². The lowest BCUT2D eigenvalue weighted by atomic mass is 10.2. The third-order valence-corrected chi connectivity index (χ3v) is 4.13. The fourth-order valence-electron chi connectivity index (χ4n) is 1.60. The number of hydrogen-bond donors (Lipinski definition) is 1. The number of hydrogen-bond acceptors (Lipinski definition) is 3. The molecule has 2 aromatic carbocycles. The van der Waals surface area contributed by atoms with Crippen molar-refractivity contribution < 1.29 is 4.92 Å². The van der Waals surface area contributed by atoms with Crippen molar-refractivity contribution in [2.45, 2.75) is 6.54 Å². The molecule has 0 saturated heterocycles.